The first-order chi connectivity index (χ1) is 22.4. The van der Waals surface area contributed by atoms with Crippen molar-refractivity contribution in [1.29, 1.82) is 0 Å². The summed E-state index contributed by atoms with van der Waals surface area (Å²) in [5.74, 6) is -0.122. The molecule has 8 heteroatoms. The summed E-state index contributed by atoms with van der Waals surface area (Å²) in [6, 6.07) is 0. The van der Waals surface area contributed by atoms with E-state index in [1.165, 1.54) is 57.8 Å². The monoisotopic (exact) mass is 650 g/mol. The van der Waals surface area contributed by atoms with Gasteiger partial charge in [-0.15, -0.1) is 0 Å². The summed E-state index contributed by atoms with van der Waals surface area (Å²) in [7, 11) is 0. The molecule has 8 nitrogen and oxygen atoms in total. The highest BCUT2D eigenvalue weighted by molar-refractivity contribution is 5.90. The van der Waals surface area contributed by atoms with Gasteiger partial charge in [-0.25, -0.2) is 4.79 Å². The zero-order chi connectivity index (χ0) is 32.6. The molecule has 3 saturated heterocycles. The van der Waals surface area contributed by atoms with Crippen molar-refractivity contribution in [3.63, 3.8) is 0 Å². The number of ether oxygens (including phenoxy) is 5. The summed E-state index contributed by atoms with van der Waals surface area (Å²) in [6.07, 6.45) is 25.8. The fourth-order valence-corrected chi connectivity index (χ4v) is 7.85. The van der Waals surface area contributed by atoms with Crippen molar-refractivity contribution in [2.75, 3.05) is 6.79 Å². The summed E-state index contributed by atoms with van der Waals surface area (Å²) in [5, 5.41) is 21.0. The van der Waals surface area contributed by atoms with E-state index in [1.54, 1.807) is 0 Å². The van der Waals surface area contributed by atoms with Crippen LogP contribution in [0.25, 0.3) is 0 Å². The highest BCUT2D eigenvalue weighted by Crippen LogP contribution is 2.34. The molecular formula is C38H66O8. The molecule has 0 amide bonds. The van der Waals surface area contributed by atoms with Gasteiger partial charge in [-0.05, 0) is 96.5 Å². The van der Waals surface area contributed by atoms with Crippen molar-refractivity contribution < 1.29 is 38.7 Å². The number of carbonyl (C=O) groups excluding carboxylic acids is 1. The zero-order valence-corrected chi connectivity index (χ0v) is 29.1. The van der Waals surface area contributed by atoms with E-state index in [0.29, 0.717) is 12.5 Å². The first-order valence-electron chi connectivity index (χ1n) is 19.2. The van der Waals surface area contributed by atoms with Gasteiger partial charge in [0, 0.05) is 5.57 Å². The molecule has 0 aromatic rings. The minimum Gasteiger partial charge on any atom is -0.455 e. The molecule has 0 radical (unpaired) electrons. The van der Waals surface area contributed by atoms with E-state index in [1.807, 2.05) is 13.0 Å². The smallest absolute Gasteiger partial charge is 0.334 e. The molecular weight excluding hydrogens is 584 g/mol. The minimum absolute atomic E-state index is 0.00402. The lowest BCUT2D eigenvalue weighted by Crippen LogP contribution is -2.32. The average molecular weight is 651 g/mol. The maximum Gasteiger partial charge on any atom is 0.334 e. The van der Waals surface area contributed by atoms with Crippen LogP contribution >= 0.6 is 0 Å². The quantitative estimate of drug-likeness (QED) is 0.0902. The molecule has 3 fully saturated rings. The summed E-state index contributed by atoms with van der Waals surface area (Å²) in [6.45, 7) is 4.40. The molecule has 4 aliphatic rings. The van der Waals surface area contributed by atoms with E-state index in [2.05, 4.69) is 6.92 Å². The van der Waals surface area contributed by atoms with Crippen molar-refractivity contribution in [2.24, 2.45) is 0 Å². The Morgan fingerprint density at radius 2 is 1.35 bits per heavy atom. The van der Waals surface area contributed by atoms with E-state index in [9.17, 15) is 15.0 Å². The summed E-state index contributed by atoms with van der Waals surface area (Å²) < 4.78 is 30.2. The fourth-order valence-electron chi connectivity index (χ4n) is 7.85. The van der Waals surface area contributed by atoms with Gasteiger partial charge in [-0.3, -0.25) is 0 Å². The van der Waals surface area contributed by atoms with Gasteiger partial charge in [-0.1, -0.05) is 71.1 Å². The number of hydrogen-bond acceptors (Lipinski definition) is 8. The number of rotatable bonds is 22. The van der Waals surface area contributed by atoms with Crippen LogP contribution in [0.2, 0.25) is 0 Å². The molecule has 0 bridgehead atoms. The third-order valence-corrected chi connectivity index (χ3v) is 10.7. The van der Waals surface area contributed by atoms with Crippen LogP contribution in [0.1, 0.15) is 162 Å². The maximum absolute atomic E-state index is 11.7. The van der Waals surface area contributed by atoms with Gasteiger partial charge in [0.2, 0.25) is 0 Å². The molecule has 4 rings (SSSR count). The highest BCUT2D eigenvalue weighted by atomic mass is 16.7. The van der Waals surface area contributed by atoms with Crippen LogP contribution in [0, 0.1) is 0 Å². The molecule has 4 heterocycles. The molecule has 266 valence electrons. The normalized spacial score (nSPS) is 31.5. The molecule has 2 N–H and O–H groups in total. The lowest BCUT2D eigenvalue weighted by Gasteiger charge is -2.24. The van der Waals surface area contributed by atoms with E-state index in [-0.39, 0.29) is 55.5 Å². The largest absolute Gasteiger partial charge is 0.455 e. The van der Waals surface area contributed by atoms with E-state index < -0.39 is 6.10 Å². The summed E-state index contributed by atoms with van der Waals surface area (Å²) in [5.41, 5.74) is 0.865. The van der Waals surface area contributed by atoms with Crippen LogP contribution in [0.15, 0.2) is 11.6 Å². The Labute approximate surface area is 279 Å². The van der Waals surface area contributed by atoms with Crippen molar-refractivity contribution >= 4 is 5.97 Å². The predicted octanol–water partition coefficient (Wildman–Crippen LogP) is 7.85. The van der Waals surface area contributed by atoms with Crippen LogP contribution in [-0.4, -0.2) is 77.9 Å². The van der Waals surface area contributed by atoms with Crippen LogP contribution in [0.5, 0.6) is 0 Å². The van der Waals surface area contributed by atoms with Gasteiger partial charge in [-0.2, -0.15) is 0 Å². The Morgan fingerprint density at radius 1 is 0.717 bits per heavy atom. The number of esters is 1. The van der Waals surface area contributed by atoms with Gasteiger partial charge in [0.25, 0.3) is 0 Å². The first kappa shape index (κ1) is 37.8. The topological polar surface area (TPSA) is 104 Å². The molecule has 0 aromatic heterocycles. The number of cyclic esters (lactones) is 1. The van der Waals surface area contributed by atoms with Crippen LogP contribution in [0.4, 0.5) is 0 Å². The van der Waals surface area contributed by atoms with Gasteiger partial charge in [0.15, 0.2) is 0 Å². The predicted molar refractivity (Wildman–Crippen MR) is 179 cm³/mol. The third-order valence-electron chi connectivity index (χ3n) is 10.7. The number of carbonyl (C=O) groups is 1. The summed E-state index contributed by atoms with van der Waals surface area (Å²) >= 11 is 0. The molecule has 0 spiro atoms. The molecule has 0 unspecified atom stereocenters. The molecule has 4 aliphatic heterocycles. The van der Waals surface area contributed by atoms with Crippen LogP contribution < -0.4 is 0 Å². The highest BCUT2D eigenvalue weighted by Gasteiger charge is 2.39. The fraction of sp³-hybridized carbons (Fsp3) is 0.921. The van der Waals surface area contributed by atoms with Gasteiger partial charge in [0.1, 0.15) is 12.9 Å². The van der Waals surface area contributed by atoms with Crippen molar-refractivity contribution in [3.05, 3.63) is 11.6 Å². The van der Waals surface area contributed by atoms with Crippen LogP contribution in [0.3, 0.4) is 0 Å². The zero-order valence-electron chi connectivity index (χ0n) is 29.1. The minimum atomic E-state index is -0.478. The van der Waals surface area contributed by atoms with Crippen LogP contribution in [-0.2, 0) is 28.5 Å². The molecule has 0 aromatic carbocycles. The number of aliphatic hydroxyl groups is 2. The van der Waals surface area contributed by atoms with Gasteiger partial charge < -0.3 is 33.9 Å². The van der Waals surface area contributed by atoms with Crippen molar-refractivity contribution in [3.8, 4) is 0 Å². The third kappa shape index (κ3) is 13.1. The second-order valence-corrected chi connectivity index (χ2v) is 14.6. The van der Waals surface area contributed by atoms with E-state index in [4.69, 9.17) is 23.7 Å². The van der Waals surface area contributed by atoms with E-state index in [0.717, 1.165) is 89.0 Å². The van der Waals surface area contributed by atoms with Gasteiger partial charge in [0.05, 0.1) is 48.8 Å². The first-order valence-corrected chi connectivity index (χ1v) is 19.2. The lowest BCUT2D eigenvalue weighted by atomic mass is 9.98. The molecule has 9 atom stereocenters. The molecule has 0 saturated carbocycles. The Kier molecular flexibility index (Phi) is 17.4. The number of hydrogen-bond donors (Lipinski definition) is 2. The maximum atomic E-state index is 11.7. The average Bonchev–Trinajstić information content (AvgIpc) is 3.75. The molecule has 0 aliphatic carbocycles. The lowest BCUT2D eigenvalue weighted by molar-refractivity contribution is -0.154. The Balaban J connectivity index is 1.01. The SMILES string of the molecule is CCCCCC[C@H](O)CCC[C@H](O)[C@H]1CC[C@H]([C@H]2CC[C@@H]([C@@H]3CC[C@@H](CCCCCCCCCC4=C[C@H](C)OC4=O)O3)OCO2)O1. The second kappa shape index (κ2) is 21.1. The number of unbranched alkanes of at least 4 members (excludes halogenated alkanes) is 9. The Morgan fingerprint density at radius 3 is 2.07 bits per heavy atom. The van der Waals surface area contributed by atoms with Gasteiger partial charge >= 0.3 is 5.97 Å². The Bertz CT molecular complexity index is 879. The van der Waals surface area contributed by atoms with Crippen molar-refractivity contribution in [2.45, 2.75) is 216 Å². The standard InChI is InChI=1S/C38H66O8/c1-3-4-5-12-16-30(39)17-14-19-32(40)33-22-25-37(46-33)35-24-23-34(42-27-43-35)36-21-20-31(45-36)18-13-10-8-6-7-9-11-15-29-26-28(2)44-38(29)41/h26,28,30-37,39-40H,3-25,27H2,1-2H3/t28-,30-,31+,32-,33+,34-,35+,36-,37+/m0/s1. The second-order valence-electron chi connectivity index (χ2n) is 14.6. The summed E-state index contributed by atoms with van der Waals surface area (Å²) in [4.78, 5) is 11.7. The van der Waals surface area contributed by atoms with E-state index >= 15 is 0 Å². The van der Waals surface area contributed by atoms with Crippen molar-refractivity contribution in [1.82, 2.24) is 0 Å². The Hall–Kier alpha value is -1.03. The molecule has 46 heavy (non-hydrogen) atoms. The number of aliphatic hydroxyl groups excluding tert-OH is 2.